The van der Waals surface area contributed by atoms with Crippen LogP contribution in [0.4, 0.5) is 11.4 Å². The first-order valence-electron chi connectivity index (χ1n) is 10.4. The van der Waals surface area contributed by atoms with Crippen molar-refractivity contribution in [2.75, 3.05) is 10.2 Å². The van der Waals surface area contributed by atoms with Gasteiger partial charge < -0.3 is 5.32 Å². The Hall–Kier alpha value is -3.71. The summed E-state index contributed by atoms with van der Waals surface area (Å²) in [6.45, 7) is 3.43. The highest BCUT2D eigenvalue weighted by molar-refractivity contribution is 8.00. The van der Waals surface area contributed by atoms with Crippen LogP contribution < -0.4 is 10.2 Å². The van der Waals surface area contributed by atoms with E-state index in [-0.39, 0.29) is 29.9 Å². The molecule has 0 bridgehead atoms. The lowest BCUT2D eigenvalue weighted by molar-refractivity contribution is -0.121. The standard InChI is InChI=1S/C26H22N2O4S/c1-16-3-5-19(6-4-16)25(31)27-20-9-13-22(14-10-20)33-23-15-24(30)28(26(23)32)21-11-7-18(8-12-21)17(2)29/h3-14,23H,15H2,1-2H3,(H,27,31). The Labute approximate surface area is 196 Å². The monoisotopic (exact) mass is 458 g/mol. The van der Waals surface area contributed by atoms with Crippen molar-refractivity contribution in [2.24, 2.45) is 0 Å². The van der Waals surface area contributed by atoms with Crippen molar-refractivity contribution in [3.63, 3.8) is 0 Å². The van der Waals surface area contributed by atoms with E-state index < -0.39 is 5.25 Å². The third-order valence-electron chi connectivity index (χ3n) is 5.34. The Morgan fingerprint density at radius 1 is 0.879 bits per heavy atom. The average Bonchev–Trinajstić information content (AvgIpc) is 3.08. The van der Waals surface area contributed by atoms with Crippen molar-refractivity contribution >= 4 is 46.6 Å². The number of aryl methyl sites for hydroxylation is 1. The second-order valence-electron chi connectivity index (χ2n) is 7.83. The number of rotatable bonds is 6. The molecule has 1 aliphatic heterocycles. The predicted molar refractivity (Wildman–Crippen MR) is 129 cm³/mol. The van der Waals surface area contributed by atoms with Crippen molar-refractivity contribution in [1.82, 2.24) is 0 Å². The van der Waals surface area contributed by atoms with Crippen LogP contribution in [0.25, 0.3) is 0 Å². The highest BCUT2D eigenvalue weighted by Gasteiger charge is 2.40. The molecule has 1 heterocycles. The average molecular weight is 459 g/mol. The van der Waals surface area contributed by atoms with Crippen molar-refractivity contribution in [3.05, 3.63) is 89.5 Å². The molecule has 1 fully saturated rings. The number of nitrogens with zero attached hydrogens (tertiary/aromatic N) is 1. The van der Waals surface area contributed by atoms with Gasteiger partial charge in [0.2, 0.25) is 11.8 Å². The van der Waals surface area contributed by atoms with E-state index in [4.69, 9.17) is 0 Å². The predicted octanol–water partition coefficient (Wildman–Crippen LogP) is 4.87. The second kappa shape index (κ2) is 9.42. The molecule has 0 aliphatic carbocycles. The van der Waals surface area contributed by atoms with Gasteiger partial charge in [-0.3, -0.25) is 19.2 Å². The number of nitrogens with one attached hydrogen (secondary N) is 1. The van der Waals surface area contributed by atoms with Gasteiger partial charge in [-0.1, -0.05) is 17.7 Å². The van der Waals surface area contributed by atoms with Crippen molar-refractivity contribution in [1.29, 1.82) is 0 Å². The van der Waals surface area contributed by atoms with Gasteiger partial charge in [0, 0.05) is 28.1 Å². The number of hydrogen-bond acceptors (Lipinski definition) is 5. The SMILES string of the molecule is CC(=O)c1ccc(N2C(=O)CC(Sc3ccc(NC(=O)c4ccc(C)cc4)cc3)C2=O)cc1. The first-order chi connectivity index (χ1) is 15.8. The Morgan fingerprint density at radius 2 is 1.48 bits per heavy atom. The summed E-state index contributed by atoms with van der Waals surface area (Å²) in [5.74, 6) is -0.821. The number of hydrogen-bond donors (Lipinski definition) is 1. The molecule has 4 rings (SSSR count). The first-order valence-corrected chi connectivity index (χ1v) is 11.3. The van der Waals surface area contributed by atoms with Gasteiger partial charge in [-0.2, -0.15) is 0 Å². The molecule has 166 valence electrons. The molecular weight excluding hydrogens is 436 g/mol. The molecule has 1 aliphatic rings. The summed E-state index contributed by atoms with van der Waals surface area (Å²) in [7, 11) is 0. The Balaban J connectivity index is 1.40. The summed E-state index contributed by atoms with van der Waals surface area (Å²) in [4.78, 5) is 51.2. The number of thioether (sulfide) groups is 1. The van der Waals surface area contributed by atoms with Gasteiger partial charge >= 0.3 is 0 Å². The van der Waals surface area contributed by atoms with E-state index in [2.05, 4.69) is 5.32 Å². The van der Waals surface area contributed by atoms with Crippen LogP contribution in [0.2, 0.25) is 0 Å². The van der Waals surface area contributed by atoms with Crippen LogP contribution in [-0.2, 0) is 9.59 Å². The molecule has 1 unspecified atom stereocenters. The molecule has 3 amide bonds. The molecule has 0 spiro atoms. The first kappa shape index (κ1) is 22.5. The number of imide groups is 1. The highest BCUT2D eigenvalue weighted by atomic mass is 32.2. The summed E-state index contributed by atoms with van der Waals surface area (Å²) in [5.41, 5.74) is 3.29. The smallest absolute Gasteiger partial charge is 0.255 e. The Bertz CT molecular complexity index is 1220. The number of Topliss-reactive ketones (excluding diaryl/α,β-unsaturated/α-hetero) is 1. The van der Waals surface area contributed by atoms with Crippen molar-refractivity contribution in [3.8, 4) is 0 Å². The zero-order chi connectivity index (χ0) is 23.5. The molecule has 0 radical (unpaired) electrons. The number of anilines is 2. The zero-order valence-electron chi connectivity index (χ0n) is 18.2. The summed E-state index contributed by atoms with van der Waals surface area (Å²) in [5, 5.41) is 2.32. The van der Waals surface area contributed by atoms with Gasteiger partial charge in [-0.25, -0.2) is 4.90 Å². The van der Waals surface area contributed by atoms with Crippen LogP contribution in [0.1, 0.15) is 39.6 Å². The molecule has 3 aromatic carbocycles. The van der Waals surface area contributed by atoms with E-state index in [1.54, 1.807) is 48.5 Å². The maximum Gasteiger partial charge on any atom is 0.255 e. The van der Waals surface area contributed by atoms with Gasteiger partial charge in [0.1, 0.15) is 0 Å². The Kier molecular flexibility index (Phi) is 6.42. The largest absolute Gasteiger partial charge is 0.322 e. The van der Waals surface area contributed by atoms with Crippen LogP contribution >= 0.6 is 11.8 Å². The summed E-state index contributed by atoms with van der Waals surface area (Å²) in [6.07, 6.45) is 0.101. The lowest BCUT2D eigenvalue weighted by atomic mass is 10.1. The third-order valence-corrected chi connectivity index (χ3v) is 6.54. The topological polar surface area (TPSA) is 83.6 Å². The van der Waals surface area contributed by atoms with E-state index in [9.17, 15) is 19.2 Å². The number of ketones is 1. The van der Waals surface area contributed by atoms with E-state index in [1.807, 2.05) is 31.2 Å². The maximum atomic E-state index is 12.9. The highest BCUT2D eigenvalue weighted by Crippen LogP contribution is 2.34. The van der Waals surface area contributed by atoms with E-state index in [0.717, 1.165) is 10.5 Å². The summed E-state index contributed by atoms with van der Waals surface area (Å²) >= 11 is 1.32. The molecule has 33 heavy (non-hydrogen) atoms. The quantitative estimate of drug-likeness (QED) is 0.421. The van der Waals surface area contributed by atoms with Crippen molar-refractivity contribution in [2.45, 2.75) is 30.4 Å². The van der Waals surface area contributed by atoms with E-state index in [1.165, 1.54) is 23.6 Å². The van der Waals surface area contributed by atoms with E-state index in [0.29, 0.717) is 22.5 Å². The number of carbonyl (C=O) groups is 4. The zero-order valence-corrected chi connectivity index (χ0v) is 19.0. The second-order valence-corrected chi connectivity index (χ2v) is 9.10. The molecule has 7 heteroatoms. The fourth-order valence-corrected chi connectivity index (χ4v) is 4.56. The van der Waals surface area contributed by atoms with E-state index >= 15 is 0 Å². The van der Waals surface area contributed by atoms with Crippen LogP contribution in [0.3, 0.4) is 0 Å². The third kappa shape index (κ3) is 5.04. The van der Waals surface area contributed by atoms with Gasteiger partial charge in [-0.15, -0.1) is 11.8 Å². The van der Waals surface area contributed by atoms with Gasteiger partial charge in [-0.05, 0) is 74.5 Å². The minimum Gasteiger partial charge on any atom is -0.322 e. The molecule has 1 saturated heterocycles. The molecule has 1 N–H and O–H groups in total. The number of benzene rings is 3. The molecular formula is C26H22N2O4S. The molecule has 0 aromatic heterocycles. The Morgan fingerprint density at radius 3 is 2.09 bits per heavy atom. The fraction of sp³-hybridized carbons (Fsp3) is 0.154. The summed E-state index contributed by atoms with van der Waals surface area (Å²) in [6, 6.07) is 21.0. The minimum atomic E-state index is -0.530. The lowest BCUT2D eigenvalue weighted by Gasteiger charge is -2.15. The maximum absolute atomic E-state index is 12.9. The van der Waals surface area contributed by atoms with Crippen molar-refractivity contribution < 1.29 is 19.2 Å². The number of carbonyl (C=O) groups excluding carboxylic acids is 4. The molecule has 0 saturated carbocycles. The van der Waals surface area contributed by atoms with Gasteiger partial charge in [0.15, 0.2) is 5.78 Å². The van der Waals surface area contributed by atoms with Crippen LogP contribution in [0.5, 0.6) is 0 Å². The lowest BCUT2D eigenvalue weighted by Crippen LogP contribution is -2.31. The van der Waals surface area contributed by atoms with Crippen LogP contribution in [0, 0.1) is 6.92 Å². The van der Waals surface area contributed by atoms with Crippen LogP contribution in [0.15, 0.2) is 77.7 Å². The van der Waals surface area contributed by atoms with Gasteiger partial charge in [0.05, 0.1) is 10.9 Å². The number of amides is 3. The van der Waals surface area contributed by atoms with Crippen LogP contribution in [-0.4, -0.2) is 28.8 Å². The molecule has 1 atom stereocenters. The molecule has 3 aromatic rings. The van der Waals surface area contributed by atoms with Gasteiger partial charge in [0.25, 0.3) is 5.91 Å². The normalized spacial score (nSPS) is 15.6. The summed E-state index contributed by atoms with van der Waals surface area (Å²) < 4.78 is 0. The molecule has 6 nitrogen and oxygen atoms in total. The minimum absolute atomic E-state index is 0.0763. The fourth-order valence-electron chi connectivity index (χ4n) is 3.50.